The number of hydrogen-bond donors (Lipinski definition) is 0. The summed E-state index contributed by atoms with van der Waals surface area (Å²) in [5.74, 6) is 0.327. The summed E-state index contributed by atoms with van der Waals surface area (Å²) in [6.07, 6.45) is 1.90. The van der Waals surface area contributed by atoms with Gasteiger partial charge in [0.1, 0.15) is 24.8 Å². The van der Waals surface area contributed by atoms with E-state index in [0.717, 1.165) is 22.5 Å². The van der Waals surface area contributed by atoms with E-state index in [9.17, 15) is 4.39 Å². The molecule has 1 aliphatic heterocycles. The summed E-state index contributed by atoms with van der Waals surface area (Å²) < 4.78 is 19.9. The number of aliphatic imine (C=N–C) groups is 1. The Hall–Kier alpha value is -2.12. The molecule has 3 aromatic rings. The summed E-state index contributed by atoms with van der Waals surface area (Å²) in [7, 11) is 0. The molecule has 0 fully saturated rings. The van der Waals surface area contributed by atoms with E-state index in [1.807, 2.05) is 24.4 Å². The lowest BCUT2D eigenvalue weighted by Crippen LogP contribution is -2.22. The molecule has 4 rings (SSSR count). The Morgan fingerprint density at radius 3 is 2.67 bits per heavy atom. The predicted octanol–water partition coefficient (Wildman–Crippen LogP) is 6.19. The quantitative estimate of drug-likeness (QED) is 0.406. The number of nitrogens with zero attached hydrogens (tertiary/aromatic N) is 2. The molecule has 3 nitrogen and oxygen atoms in total. The molecule has 0 atom stereocenters. The Bertz CT molecular complexity index is 1010. The van der Waals surface area contributed by atoms with Crippen LogP contribution >= 0.6 is 34.2 Å². The van der Waals surface area contributed by atoms with Gasteiger partial charge in [0.25, 0.3) is 0 Å². The van der Waals surface area contributed by atoms with E-state index in [1.54, 1.807) is 12.1 Å². The van der Waals surface area contributed by atoms with Crippen LogP contribution in [0.15, 0.2) is 65.7 Å². The van der Waals surface area contributed by atoms with E-state index in [2.05, 4.69) is 50.7 Å². The molecular formula is C21H15ClFIN2O. The lowest BCUT2D eigenvalue weighted by molar-refractivity contribution is 0.306. The molecule has 6 heteroatoms. The Morgan fingerprint density at radius 1 is 1.07 bits per heavy atom. The zero-order valence-corrected chi connectivity index (χ0v) is 17.1. The summed E-state index contributed by atoms with van der Waals surface area (Å²) in [6.45, 7) is 0.869. The van der Waals surface area contributed by atoms with Crippen molar-refractivity contribution < 1.29 is 9.13 Å². The highest BCUT2D eigenvalue weighted by atomic mass is 127. The minimum absolute atomic E-state index is 0.264. The van der Waals surface area contributed by atoms with Crippen LogP contribution in [0.25, 0.3) is 0 Å². The summed E-state index contributed by atoms with van der Waals surface area (Å²) in [4.78, 5) is 6.56. The monoisotopic (exact) mass is 492 g/mol. The lowest BCUT2D eigenvalue weighted by Gasteiger charge is -2.28. The molecule has 0 saturated heterocycles. The Labute approximate surface area is 175 Å². The molecule has 1 aliphatic rings. The Balaban J connectivity index is 1.54. The molecule has 0 aromatic heterocycles. The van der Waals surface area contributed by atoms with Gasteiger partial charge < -0.3 is 9.64 Å². The number of fused-ring (bicyclic) bond motifs is 1. The van der Waals surface area contributed by atoms with Gasteiger partial charge in [-0.2, -0.15) is 0 Å². The van der Waals surface area contributed by atoms with Crippen molar-refractivity contribution in [1.82, 2.24) is 0 Å². The van der Waals surface area contributed by atoms with Crippen LogP contribution < -0.4 is 9.64 Å². The molecule has 0 N–H and O–H groups in total. The van der Waals surface area contributed by atoms with Gasteiger partial charge >= 0.3 is 0 Å². The third-order valence-electron chi connectivity index (χ3n) is 4.27. The van der Waals surface area contributed by atoms with Gasteiger partial charge in [0.2, 0.25) is 0 Å². The average molecular weight is 493 g/mol. The fourth-order valence-corrected chi connectivity index (χ4v) is 3.65. The standard InChI is InChI=1S/C21H15ClFIN2O/c22-19-10-18(26-13-25-11-15-9-17(24)5-7-20(15)26)6-8-21(19)27-12-14-1-3-16(23)4-2-14/h1-11H,12-13H2. The molecular weight excluding hydrogens is 478 g/mol. The van der Waals surface area contributed by atoms with Gasteiger partial charge in [-0.1, -0.05) is 23.7 Å². The van der Waals surface area contributed by atoms with Crippen molar-refractivity contribution >= 4 is 51.8 Å². The van der Waals surface area contributed by atoms with Crippen LogP contribution in [0, 0.1) is 9.39 Å². The lowest BCUT2D eigenvalue weighted by atomic mass is 10.1. The number of ether oxygens (including phenoxy) is 1. The highest BCUT2D eigenvalue weighted by molar-refractivity contribution is 14.1. The van der Waals surface area contributed by atoms with Crippen LogP contribution in [0.5, 0.6) is 5.75 Å². The molecule has 136 valence electrons. The zero-order valence-electron chi connectivity index (χ0n) is 14.2. The van der Waals surface area contributed by atoms with Crippen molar-refractivity contribution in [3.63, 3.8) is 0 Å². The highest BCUT2D eigenvalue weighted by Gasteiger charge is 2.17. The van der Waals surface area contributed by atoms with Gasteiger partial charge in [0.05, 0.1) is 10.7 Å². The summed E-state index contributed by atoms with van der Waals surface area (Å²) in [6, 6.07) is 18.2. The van der Waals surface area contributed by atoms with E-state index in [0.29, 0.717) is 24.0 Å². The summed E-state index contributed by atoms with van der Waals surface area (Å²) in [5.41, 5.74) is 4.02. The van der Waals surface area contributed by atoms with Gasteiger partial charge in [0, 0.05) is 21.0 Å². The van der Waals surface area contributed by atoms with Crippen LogP contribution in [0.3, 0.4) is 0 Å². The minimum Gasteiger partial charge on any atom is -0.487 e. The first-order valence-electron chi connectivity index (χ1n) is 8.34. The van der Waals surface area contributed by atoms with E-state index < -0.39 is 0 Å². The number of halogens is 3. The van der Waals surface area contributed by atoms with Crippen LogP contribution in [0.1, 0.15) is 11.1 Å². The van der Waals surface area contributed by atoms with Crippen molar-refractivity contribution in [2.45, 2.75) is 6.61 Å². The van der Waals surface area contributed by atoms with Crippen molar-refractivity contribution in [2.24, 2.45) is 4.99 Å². The first-order valence-corrected chi connectivity index (χ1v) is 9.79. The molecule has 0 aliphatic carbocycles. The molecule has 1 heterocycles. The molecule has 0 saturated carbocycles. The fourth-order valence-electron chi connectivity index (χ4n) is 2.91. The number of rotatable bonds is 4. The van der Waals surface area contributed by atoms with E-state index in [1.165, 1.54) is 15.7 Å². The second kappa shape index (κ2) is 7.86. The van der Waals surface area contributed by atoms with Crippen molar-refractivity contribution in [3.05, 3.63) is 86.2 Å². The second-order valence-electron chi connectivity index (χ2n) is 6.11. The fraction of sp³-hybridized carbons (Fsp3) is 0.0952. The first-order chi connectivity index (χ1) is 13.1. The average Bonchev–Trinajstić information content (AvgIpc) is 2.67. The first kappa shape index (κ1) is 18.3. The maximum atomic E-state index is 13.0. The van der Waals surface area contributed by atoms with Crippen LogP contribution in [-0.2, 0) is 6.61 Å². The maximum Gasteiger partial charge on any atom is 0.138 e. The third-order valence-corrected chi connectivity index (χ3v) is 5.23. The van der Waals surface area contributed by atoms with Gasteiger partial charge in [-0.3, -0.25) is 4.99 Å². The number of hydrogen-bond acceptors (Lipinski definition) is 3. The molecule has 27 heavy (non-hydrogen) atoms. The summed E-state index contributed by atoms with van der Waals surface area (Å²) >= 11 is 8.74. The zero-order chi connectivity index (χ0) is 18.8. The minimum atomic E-state index is -0.264. The SMILES string of the molecule is Fc1ccc(COc2ccc(N3CN=Cc4cc(I)ccc43)cc2Cl)cc1. The van der Waals surface area contributed by atoms with Gasteiger partial charge in [-0.05, 0) is 76.7 Å². The normalized spacial score (nSPS) is 12.8. The number of benzene rings is 3. The van der Waals surface area contributed by atoms with Crippen molar-refractivity contribution in [3.8, 4) is 5.75 Å². The Morgan fingerprint density at radius 2 is 1.89 bits per heavy atom. The molecule has 0 spiro atoms. The molecule has 0 bridgehead atoms. The molecule has 0 radical (unpaired) electrons. The smallest absolute Gasteiger partial charge is 0.138 e. The van der Waals surface area contributed by atoms with E-state index in [-0.39, 0.29) is 5.82 Å². The second-order valence-corrected chi connectivity index (χ2v) is 7.77. The van der Waals surface area contributed by atoms with E-state index >= 15 is 0 Å². The number of anilines is 2. The van der Waals surface area contributed by atoms with Crippen LogP contribution in [-0.4, -0.2) is 12.9 Å². The van der Waals surface area contributed by atoms with E-state index in [4.69, 9.17) is 16.3 Å². The summed E-state index contributed by atoms with van der Waals surface area (Å²) in [5, 5.41) is 0.524. The van der Waals surface area contributed by atoms with Crippen molar-refractivity contribution in [1.29, 1.82) is 0 Å². The Kier molecular flexibility index (Phi) is 5.31. The van der Waals surface area contributed by atoms with Gasteiger partial charge in [-0.25, -0.2) is 4.39 Å². The topological polar surface area (TPSA) is 24.8 Å². The van der Waals surface area contributed by atoms with Gasteiger partial charge in [-0.15, -0.1) is 0 Å². The van der Waals surface area contributed by atoms with Crippen molar-refractivity contribution in [2.75, 3.05) is 11.6 Å². The van der Waals surface area contributed by atoms with Gasteiger partial charge in [0.15, 0.2) is 0 Å². The molecule has 0 unspecified atom stereocenters. The third kappa shape index (κ3) is 4.09. The molecule has 0 amide bonds. The van der Waals surface area contributed by atoms with Crippen LogP contribution in [0.4, 0.5) is 15.8 Å². The predicted molar refractivity (Wildman–Crippen MR) is 116 cm³/mol. The highest BCUT2D eigenvalue weighted by Crippen LogP contribution is 2.35. The largest absolute Gasteiger partial charge is 0.487 e. The molecule has 3 aromatic carbocycles. The van der Waals surface area contributed by atoms with Crippen LogP contribution in [0.2, 0.25) is 5.02 Å². The maximum absolute atomic E-state index is 13.0.